The number of rotatable bonds is 6. The van der Waals surface area contributed by atoms with Gasteiger partial charge < -0.3 is 10.1 Å². The van der Waals surface area contributed by atoms with E-state index in [-0.39, 0.29) is 0 Å². The first-order chi connectivity index (χ1) is 9.10. The lowest BCUT2D eigenvalue weighted by Crippen LogP contribution is -2.38. The first-order valence-corrected chi connectivity index (χ1v) is 7.95. The zero-order chi connectivity index (χ0) is 13.8. The molecule has 1 aliphatic carbocycles. The summed E-state index contributed by atoms with van der Waals surface area (Å²) in [5.74, 6) is 2.60. The van der Waals surface area contributed by atoms with Gasteiger partial charge in [-0.3, -0.25) is 0 Å². The van der Waals surface area contributed by atoms with E-state index in [0.29, 0.717) is 6.04 Å². The van der Waals surface area contributed by atoms with Gasteiger partial charge >= 0.3 is 0 Å². The normalized spacial score (nSPS) is 22.4. The molecule has 2 atom stereocenters. The molecule has 0 radical (unpaired) electrons. The first-order valence-electron chi connectivity index (χ1n) is 7.16. The second-order valence-corrected chi connectivity index (χ2v) is 6.68. The fourth-order valence-corrected chi connectivity index (χ4v) is 3.09. The standard InChI is InChI=1S/C16H24BrNO/c1-11(2)18-10-13-5-4-12(13)8-14-9-15(19-3)6-7-16(14)17/h6-7,9,11-13,18H,4-5,8,10H2,1-3H3. The molecular weight excluding hydrogens is 302 g/mol. The number of ether oxygens (including phenoxy) is 1. The van der Waals surface area contributed by atoms with Crippen LogP contribution in [0.15, 0.2) is 22.7 Å². The molecular formula is C16H24BrNO. The summed E-state index contributed by atoms with van der Waals surface area (Å²) in [5.41, 5.74) is 1.37. The summed E-state index contributed by atoms with van der Waals surface area (Å²) in [5, 5.41) is 3.56. The lowest BCUT2D eigenvalue weighted by Gasteiger charge is -2.37. The average molecular weight is 326 g/mol. The van der Waals surface area contributed by atoms with Crippen LogP contribution in [0.5, 0.6) is 5.75 Å². The lowest BCUT2D eigenvalue weighted by molar-refractivity contribution is 0.167. The molecule has 1 fully saturated rings. The molecule has 3 heteroatoms. The van der Waals surface area contributed by atoms with E-state index in [2.05, 4.69) is 47.2 Å². The minimum absolute atomic E-state index is 0.588. The Morgan fingerprint density at radius 1 is 1.32 bits per heavy atom. The van der Waals surface area contributed by atoms with Crippen molar-refractivity contribution in [2.24, 2.45) is 11.8 Å². The van der Waals surface area contributed by atoms with Crippen LogP contribution in [0.1, 0.15) is 32.3 Å². The molecule has 0 aromatic heterocycles. The van der Waals surface area contributed by atoms with Crippen LogP contribution in [0.3, 0.4) is 0 Å². The molecule has 0 bridgehead atoms. The Morgan fingerprint density at radius 2 is 2.05 bits per heavy atom. The van der Waals surface area contributed by atoms with E-state index >= 15 is 0 Å². The summed E-state index contributed by atoms with van der Waals surface area (Å²) < 4.78 is 6.52. The summed E-state index contributed by atoms with van der Waals surface area (Å²) >= 11 is 3.65. The molecule has 0 amide bonds. The van der Waals surface area contributed by atoms with Crippen molar-refractivity contribution in [2.45, 2.75) is 39.2 Å². The van der Waals surface area contributed by atoms with Crippen molar-refractivity contribution in [3.8, 4) is 5.75 Å². The van der Waals surface area contributed by atoms with Gasteiger partial charge in [0.1, 0.15) is 5.75 Å². The Labute approximate surface area is 125 Å². The van der Waals surface area contributed by atoms with Crippen LogP contribution < -0.4 is 10.1 Å². The molecule has 2 nitrogen and oxygen atoms in total. The number of hydrogen-bond acceptors (Lipinski definition) is 2. The Balaban J connectivity index is 1.93. The van der Waals surface area contributed by atoms with Crippen LogP contribution in [0, 0.1) is 11.8 Å². The predicted octanol–water partition coefficient (Wildman–Crippen LogP) is 4.02. The van der Waals surface area contributed by atoms with Crippen molar-refractivity contribution in [1.82, 2.24) is 5.32 Å². The fourth-order valence-electron chi connectivity index (χ4n) is 2.68. The molecule has 1 aromatic rings. The SMILES string of the molecule is COc1ccc(Br)c(CC2CCC2CNC(C)C)c1. The maximum absolute atomic E-state index is 5.32. The van der Waals surface area contributed by atoms with Gasteiger partial charge in [-0.2, -0.15) is 0 Å². The summed E-state index contributed by atoms with van der Waals surface area (Å²) in [6.45, 7) is 5.59. The molecule has 1 aromatic carbocycles. The fraction of sp³-hybridized carbons (Fsp3) is 0.625. The Hall–Kier alpha value is -0.540. The number of benzene rings is 1. The predicted molar refractivity (Wildman–Crippen MR) is 83.8 cm³/mol. The monoisotopic (exact) mass is 325 g/mol. The zero-order valence-corrected chi connectivity index (χ0v) is 13.7. The third kappa shape index (κ3) is 3.96. The van der Waals surface area contributed by atoms with E-state index in [4.69, 9.17) is 4.74 Å². The van der Waals surface area contributed by atoms with E-state index in [1.807, 2.05) is 6.07 Å². The molecule has 1 N–H and O–H groups in total. The zero-order valence-electron chi connectivity index (χ0n) is 12.1. The largest absolute Gasteiger partial charge is 0.497 e. The van der Waals surface area contributed by atoms with Gasteiger partial charge in [-0.15, -0.1) is 0 Å². The van der Waals surface area contributed by atoms with E-state index in [1.54, 1.807) is 7.11 Å². The Bertz CT molecular complexity index is 419. The molecule has 2 unspecified atom stereocenters. The van der Waals surface area contributed by atoms with Gasteiger partial charge in [0.15, 0.2) is 0 Å². The molecule has 106 valence electrons. The lowest BCUT2D eigenvalue weighted by atomic mass is 9.70. The smallest absolute Gasteiger partial charge is 0.119 e. The number of methoxy groups -OCH3 is 1. The molecule has 0 heterocycles. The van der Waals surface area contributed by atoms with Crippen LogP contribution in [-0.4, -0.2) is 19.7 Å². The number of hydrogen-bond donors (Lipinski definition) is 1. The molecule has 2 rings (SSSR count). The summed E-state index contributed by atoms with van der Waals surface area (Å²) in [4.78, 5) is 0. The van der Waals surface area contributed by atoms with E-state index in [9.17, 15) is 0 Å². The highest BCUT2D eigenvalue weighted by Crippen LogP contribution is 2.38. The highest BCUT2D eigenvalue weighted by atomic mass is 79.9. The maximum atomic E-state index is 5.32. The molecule has 1 saturated carbocycles. The van der Waals surface area contributed by atoms with Crippen molar-refractivity contribution in [3.05, 3.63) is 28.2 Å². The Kier molecular flexibility index (Phi) is 5.28. The molecule has 1 aliphatic rings. The minimum atomic E-state index is 0.588. The Morgan fingerprint density at radius 3 is 2.63 bits per heavy atom. The highest BCUT2D eigenvalue weighted by Gasteiger charge is 2.30. The highest BCUT2D eigenvalue weighted by molar-refractivity contribution is 9.10. The van der Waals surface area contributed by atoms with Gasteiger partial charge in [0.2, 0.25) is 0 Å². The summed E-state index contributed by atoms with van der Waals surface area (Å²) in [6, 6.07) is 6.85. The summed E-state index contributed by atoms with van der Waals surface area (Å²) in [6.07, 6.45) is 3.88. The van der Waals surface area contributed by atoms with E-state index in [0.717, 1.165) is 30.6 Å². The average Bonchev–Trinajstić information content (AvgIpc) is 2.36. The van der Waals surface area contributed by atoms with Crippen molar-refractivity contribution in [3.63, 3.8) is 0 Å². The van der Waals surface area contributed by atoms with E-state index in [1.165, 1.54) is 22.9 Å². The van der Waals surface area contributed by atoms with Crippen molar-refractivity contribution < 1.29 is 4.74 Å². The maximum Gasteiger partial charge on any atom is 0.119 e. The van der Waals surface area contributed by atoms with Crippen LogP contribution in [0.2, 0.25) is 0 Å². The van der Waals surface area contributed by atoms with Crippen molar-refractivity contribution >= 4 is 15.9 Å². The van der Waals surface area contributed by atoms with Gasteiger partial charge in [-0.05, 0) is 61.4 Å². The van der Waals surface area contributed by atoms with Gasteiger partial charge in [0.05, 0.1) is 7.11 Å². The molecule has 0 saturated heterocycles. The van der Waals surface area contributed by atoms with Crippen LogP contribution in [0.4, 0.5) is 0 Å². The van der Waals surface area contributed by atoms with Crippen LogP contribution in [-0.2, 0) is 6.42 Å². The molecule has 19 heavy (non-hydrogen) atoms. The molecule has 0 spiro atoms. The third-order valence-corrected chi connectivity index (χ3v) is 4.87. The van der Waals surface area contributed by atoms with Crippen molar-refractivity contribution in [2.75, 3.05) is 13.7 Å². The third-order valence-electron chi connectivity index (χ3n) is 4.10. The van der Waals surface area contributed by atoms with Gasteiger partial charge in [0.25, 0.3) is 0 Å². The molecule has 0 aliphatic heterocycles. The van der Waals surface area contributed by atoms with Crippen LogP contribution >= 0.6 is 15.9 Å². The quantitative estimate of drug-likeness (QED) is 0.852. The van der Waals surface area contributed by atoms with Crippen LogP contribution in [0.25, 0.3) is 0 Å². The van der Waals surface area contributed by atoms with Gasteiger partial charge in [0, 0.05) is 10.5 Å². The second kappa shape index (κ2) is 6.76. The second-order valence-electron chi connectivity index (χ2n) is 5.82. The topological polar surface area (TPSA) is 21.3 Å². The van der Waals surface area contributed by atoms with Gasteiger partial charge in [-0.1, -0.05) is 29.8 Å². The first kappa shape index (κ1) is 14.9. The number of halogens is 1. The number of nitrogens with one attached hydrogen (secondary N) is 1. The van der Waals surface area contributed by atoms with Crippen molar-refractivity contribution in [1.29, 1.82) is 0 Å². The minimum Gasteiger partial charge on any atom is -0.497 e. The summed E-state index contributed by atoms with van der Waals surface area (Å²) in [7, 11) is 1.73. The van der Waals surface area contributed by atoms with E-state index < -0.39 is 0 Å². The van der Waals surface area contributed by atoms with Gasteiger partial charge in [-0.25, -0.2) is 0 Å².